The summed E-state index contributed by atoms with van der Waals surface area (Å²) in [6.07, 6.45) is 7.16. The molecular formula is C26H48N2O6. The molecule has 2 N–H and O–H groups in total. The van der Waals surface area contributed by atoms with Gasteiger partial charge in [0.05, 0.1) is 7.11 Å². The van der Waals surface area contributed by atoms with Gasteiger partial charge in [0, 0.05) is 12.8 Å². The van der Waals surface area contributed by atoms with Crippen LogP contribution in [0.25, 0.3) is 0 Å². The first-order valence-electron chi connectivity index (χ1n) is 12.7. The van der Waals surface area contributed by atoms with Crippen LogP contribution >= 0.6 is 0 Å². The molecule has 0 saturated heterocycles. The number of esters is 2. The van der Waals surface area contributed by atoms with Gasteiger partial charge in [0.25, 0.3) is 0 Å². The molecule has 0 saturated carbocycles. The molecule has 8 nitrogen and oxygen atoms in total. The van der Waals surface area contributed by atoms with Gasteiger partial charge in [-0.15, -0.1) is 0 Å². The van der Waals surface area contributed by atoms with Crippen molar-refractivity contribution in [2.45, 2.75) is 130 Å². The van der Waals surface area contributed by atoms with Gasteiger partial charge in [-0.2, -0.15) is 0 Å². The first kappa shape index (κ1) is 31.9. The monoisotopic (exact) mass is 484 g/mol. The number of hydrogen-bond acceptors (Lipinski definition) is 6. The Morgan fingerprint density at radius 3 is 2.00 bits per heavy atom. The summed E-state index contributed by atoms with van der Waals surface area (Å²) in [6, 6.07) is -0.780. The molecule has 2 unspecified atom stereocenters. The molecule has 0 aromatic heterocycles. The highest BCUT2D eigenvalue weighted by atomic mass is 16.6. The van der Waals surface area contributed by atoms with Crippen LogP contribution in [-0.4, -0.2) is 48.0 Å². The largest absolute Gasteiger partial charge is 0.467 e. The van der Waals surface area contributed by atoms with Gasteiger partial charge in [0.15, 0.2) is 0 Å². The van der Waals surface area contributed by atoms with Crippen molar-refractivity contribution in [2.75, 3.05) is 7.11 Å². The summed E-state index contributed by atoms with van der Waals surface area (Å²) in [6.45, 7) is 12.9. The molecule has 0 rings (SSSR count). The van der Waals surface area contributed by atoms with E-state index in [9.17, 15) is 19.2 Å². The fraction of sp³-hybridized carbons (Fsp3) is 0.846. The Hall–Kier alpha value is -2.12. The topological polar surface area (TPSA) is 111 Å². The normalized spacial score (nSPS) is 14.1. The van der Waals surface area contributed by atoms with Crippen molar-refractivity contribution in [1.29, 1.82) is 0 Å². The molecule has 0 aliphatic heterocycles. The van der Waals surface area contributed by atoms with Gasteiger partial charge >= 0.3 is 11.9 Å². The van der Waals surface area contributed by atoms with Crippen LogP contribution in [0.2, 0.25) is 0 Å². The minimum Gasteiger partial charge on any atom is -0.467 e. The highest BCUT2D eigenvalue weighted by Gasteiger charge is 2.39. The van der Waals surface area contributed by atoms with E-state index in [1.54, 1.807) is 20.8 Å². The summed E-state index contributed by atoms with van der Waals surface area (Å²) in [5.74, 6) is -1.63. The number of rotatable bonds is 16. The molecule has 8 heteroatoms. The molecule has 198 valence electrons. The lowest BCUT2D eigenvalue weighted by molar-refractivity contribution is -0.157. The smallest absolute Gasteiger partial charge is 0.331 e. The van der Waals surface area contributed by atoms with Crippen LogP contribution in [0.3, 0.4) is 0 Å². The molecular weight excluding hydrogens is 436 g/mol. The van der Waals surface area contributed by atoms with Gasteiger partial charge in [0.2, 0.25) is 11.8 Å². The summed E-state index contributed by atoms with van der Waals surface area (Å²) in [5.41, 5.74) is -2.08. The summed E-state index contributed by atoms with van der Waals surface area (Å²) < 4.78 is 10.2. The van der Waals surface area contributed by atoms with Gasteiger partial charge in [0.1, 0.15) is 17.2 Å². The van der Waals surface area contributed by atoms with Crippen LogP contribution in [0.15, 0.2) is 0 Å². The molecule has 0 aliphatic rings. The SMILES string of the molecule is CCCCCCCCC(=O)NC(CC(C)C)C(=O)NC(C)(CCC(=O)OC(C)(C)C)C(=O)OC. The van der Waals surface area contributed by atoms with E-state index in [2.05, 4.69) is 17.6 Å². The number of unbranched alkanes of at least 4 members (excludes halogenated alkanes) is 5. The van der Waals surface area contributed by atoms with Crippen LogP contribution in [-0.2, 0) is 28.7 Å². The van der Waals surface area contributed by atoms with Gasteiger partial charge < -0.3 is 20.1 Å². The highest BCUT2D eigenvalue weighted by molar-refractivity contribution is 5.92. The fourth-order valence-electron chi connectivity index (χ4n) is 3.58. The lowest BCUT2D eigenvalue weighted by Crippen LogP contribution is -2.58. The molecule has 0 fully saturated rings. The minimum absolute atomic E-state index is 0.0143. The predicted octanol–water partition coefficient (Wildman–Crippen LogP) is 4.44. The number of hydrogen-bond donors (Lipinski definition) is 2. The maximum atomic E-state index is 13.1. The second kappa shape index (κ2) is 15.7. The van der Waals surface area contributed by atoms with E-state index in [0.717, 1.165) is 19.3 Å². The zero-order chi connectivity index (χ0) is 26.4. The Labute approximate surface area is 206 Å². The number of nitrogens with one attached hydrogen (secondary N) is 2. The lowest BCUT2D eigenvalue weighted by atomic mass is 9.94. The number of methoxy groups -OCH3 is 1. The fourth-order valence-corrected chi connectivity index (χ4v) is 3.58. The van der Waals surface area contributed by atoms with Gasteiger partial charge in [-0.25, -0.2) is 4.79 Å². The van der Waals surface area contributed by atoms with Crippen molar-refractivity contribution in [2.24, 2.45) is 5.92 Å². The van der Waals surface area contributed by atoms with Crippen LogP contribution in [0.5, 0.6) is 0 Å². The zero-order valence-electron chi connectivity index (χ0n) is 22.7. The van der Waals surface area contributed by atoms with Crippen molar-refractivity contribution < 1.29 is 28.7 Å². The molecule has 0 bridgehead atoms. The predicted molar refractivity (Wildman–Crippen MR) is 133 cm³/mol. The molecule has 0 aliphatic carbocycles. The maximum Gasteiger partial charge on any atom is 0.331 e. The van der Waals surface area contributed by atoms with Crippen LogP contribution in [0, 0.1) is 5.92 Å². The van der Waals surface area contributed by atoms with E-state index in [4.69, 9.17) is 9.47 Å². The molecule has 0 radical (unpaired) electrons. The standard InChI is InChI=1S/C26H48N2O6/c1-9-10-11-12-13-14-15-21(29)27-20(18-19(2)3)23(31)28-26(7,24(32)33-8)17-16-22(30)34-25(4,5)6/h19-20H,9-18H2,1-8H3,(H,27,29)(H,28,31). The minimum atomic E-state index is -1.43. The van der Waals surface area contributed by atoms with Crippen LogP contribution < -0.4 is 10.6 Å². The maximum absolute atomic E-state index is 13.1. The number of carbonyl (C=O) groups excluding carboxylic acids is 4. The molecule has 0 aromatic rings. The second-order valence-corrected chi connectivity index (χ2v) is 10.7. The summed E-state index contributed by atoms with van der Waals surface area (Å²) >= 11 is 0. The van der Waals surface area contributed by atoms with E-state index in [-0.39, 0.29) is 24.7 Å². The van der Waals surface area contributed by atoms with Crippen molar-refractivity contribution in [3.8, 4) is 0 Å². The quantitative estimate of drug-likeness (QED) is 0.248. The first-order valence-corrected chi connectivity index (χ1v) is 12.7. The molecule has 0 heterocycles. The molecule has 2 amide bonds. The molecule has 0 spiro atoms. The third-order valence-electron chi connectivity index (χ3n) is 5.40. The number of amides is 2. The van der Waals surface area contributed by atoms with Gasteiger partial charge in [-0.1, -0.05) is 52.9 Å². The van der Waals surface area contributed by atoms with Crippen molar-refractivity contribution in [3.63, 3.8) is 0 Å². The third-order valence-corrected chi connectivity index (χ3v) is 5.40. The second-order valence-electron chi connectivity index (χ2n) is 10.7. The first-order chi connectivity index (χ1) is 15.7. The average Bonchev–Trinajstić information content (AvgIpc) is 2.72. The third kappa shape index (κ3) is 14.2. The number of ether oxygens (including phenoxy) is 2. The van der Waals surface area contributed by atoms with Crippen LogP contribution in [0.4, 0.5) is 0 Å². The zero-order valence-corrected chi connectivity index (χ0v) is 22.7. The van der Waals surface area contributed by atoms with E-state index in [0.29, 0.717) is 12.8 Å². The van der Waals surface area contributed by atoms with E-state index < -0.39 is 35.0 Å². The highest BCUT2D eigenvalue weighted by Crippen LogP contribution is 2.19. The Kier molecular flexibility index (Phi) is 14.7. The number of carbonyl (C=O) groups is 4. The Balaban J connectivity index is 5.13. The van der Waals surface area contributed by atoms with E-state index in [1.807, 2.05) is 13.8 Å². The van der Waals surface area contributed by atoms with Gasteiger partial charge in [-0.3, -0.25) is 14.4 Å². The molecule has 0 aromatic carbocycles. The Bertz CT molecular complexity index is 656. The van der Waals surface area contributed by atoms with Crippen molar-refractivity contribution in [1.82, 2.24) is 10.6 Å². The average molecular weight is 485 g/mol. The summed E-state index contributed by atoms with van der Waals surface area (Å²) in [5, 5.41) is 5.56. The van der Waals surface area contributed by atoms with Gasteiger partial charge in [-0.05, 0) is 52.9 Å². The van der Waals surface area contributed by atoms with E-state index >= 15 is 0 Å². The van der Waals surface area contributed by atoms with Crippen molar-refractivity contribution in [3.05, 3.63) is 0 Å². The van der Waals surface area contributed by atoms with E-state index in [1.165, 1.54) is 33.3 Å². The summed E-state index contributed by atoms with van der Waals surface area (Å²) in [4.78, 5) is 50.3. The van der Waals surface area contributed by atoms with Crippen LogP contribution in [0.1, 0.15) is 113 Å². The summed E-state index contributed by atoms with van der Waals surface area (Å²) in [7, 11) is 1.23. The molecule has 34 heavy (non-hydrogen) atoms. The Morgan fingerprint density at radius 1 is 0.882 bits per heavy atom. The Morgan fingerprint density at radius 2 is 1.47 bits per heavy atom. The lowest BCUT2D eigenvalue weighted by Gasteiger charge is -2.31. The molecule has 2 atom stereocenters. The van der Waals surface area contributed by atoms with Crippen molar-refractivity contribution >= 4 is 23.8 Å².